The lowest BCUT2D eigenvalue weighted by molar-refractivity contribution is -0.158. The summed E-state index contributed by atoms with van der Waals surface area (Å²) in [6.07, 6.45) is 5.50. The van der Waals surface area contributed by atoms with Gasteiger partial charge in [0.05, 0.1) is 23.9 Å². The molecule has 0 aliphatic carbocycles. The Morgan fingerprint density at radius 3 is 1.81 bits per heavy atom. The molecule has 0 bridgehead atoms. The van der Waals surface area contributed by atoms with Crippen LogP contribution in [0.25, 0.3) is 0 Å². The zero-order valence-electron chi connectivity index (χ0n) is 19.8. The van der Waals surface area contributed by atoms with Gasteiger partial charge in [-0.1, -0.05) is 54.4 Å². The Hall–Kier alpha value is -0.120. The number of hydrogen-bond acceptors (Lipinski definition) is 3. The maximum atomic E-state index is 6.49. The minimum atomic E-state index is -0.172. The minimum absolute atomic E-state index is 0.0188. The lowest BCUT2D eigenvalue weighted by atomic mass is 9.68. The average molecular weight is 373 g/mol. The molecule has 0 amide bonds. The van der Waals surface area contributed by atoms with Gasteiger partial charge < -0.3 is 14.2 Å². The quantitative estimate of drug-likeness (QED) is 0.320. The fraction of sp³-hybridized carbons (Fsp3) is 1.00. The zero-order valence-corrected chi connectivity index (χ0v) is 19.8. The van der Waals surface area contributed by atoms with Crippen LogP contribution >= 0.6 is 0 Å². The van der Waals surface area contributed by atoms with Gasteiger partial charge in [0.2, 0.25) is 0 Å². The second-order valence-corrected chi connectivity index (χ2v) is 10.5. The number of rotatable bonds is 14. The summed E-state index contributed by atoms with van der Waals surface area (Å²) in [5, 5.41) is 0. The van der Waals surface area contributed by atoms with E-state index in [9.17, 15) is 0 Å². The smallest absolute Gasteiger partial charge is 0.0699 e. The van der Waals surface area contributed by atoms with Crippen LogP contribution in [-0.2, 0) is 14.2 Å². The maximum absolute atomic E-state index is 6.49. The van der Waals surface area contributed by atoms with Gasteiger partial charge in [-0.25, -0.2) is 0 Å². The molecule has 158 valence electrons. The highest BCUT2D eigenvalue weighted by molar-refractivity contribution is 4.94. The summed E-state index contributed by atoms with van der Waals surface area (Å²) in [6, 6.07) is 0. The van der Waals surface area contributed by atoms with Crippen LogP contribution in [0.15, 0.2) is 0 Å². The molecule has 0 saturated carbocycles. The van der Waals surface area contributed by atoms with Crippen molar-refractivity contribution in [3.63, 3.8) is 0 Å². The maximum Gasteiger partial charge on any atom is 0.0699 e. The Morgan fingerprint density at radius 1 is 0.769 bits per heavy atom. The van der Waals surface area contributed by atoms with Crippen LogP contribution in [0.1, 0.15) is 101 Å². The van der Waals surface area contributed by atoms with Crippen LogP contribution in [0.5, 0.6) is 0 Å². The molecule has 0 rings (SSSR count). The third-order valence-electron chi connectivity index (χ3n) is 5.32. The number of methoxy groups -OCH3 is 1. The molecule has 0 spiro atoms. The van der Waals surface area contributed by atoms with Crippen molar-refractivity contribution in [1.29, 1.82) is 0 Å². The summed E-state index contributed by atoms with van der Waals surface area (Å²) in [7, 11) is 1.80. The standard InChI is InChI=1S/C23H48O3/c1-12-14-16-25-19(20(3,4)17-23(9,10)24-11)21(5,6)18-26-22(7,8)15-13-2/h19H,12-18H2,1-11H3. The third kappa shape index (κ3) is 9.19. The average Bonchev–Trinajstić information content (AvgIpc) is 2.48. The molecule has 3 nitrogen and oxygen atoms in total. The monoisotopic (exact) mass is 372 g/mol. The van der Waals surface area contributed by atoms with Crippen molar-refractivity contribution >= 4 is 0 Å². The van der Waals surface area contributed by atoms with Crippen molar-refractivity contribution in [3.8, 4) is 0 Å². The summed E-state index contributed by atoms with van der Waals surface area (Å²) in [4.78, 5) is 0. The summed E-state index contributed by atoms with van der Waals surface area (Å²) in [6.45, 7) is 23.8. The molecule has 0 N–H and O–H groups in total. The first-order chi connectivity index (χ1) is 11.7. The largest absolute Gasteiger partial charge is 0.379 e. The van der Waals surface area contributed by atoms with Crippen molar-refractivity contribution in [1.82, 2.24) is 0 Å². The normalized spacial score (nSPS) is 15.3. The fourth-order valence-electron chi connectivity index (χ4n) is 4.25. The van der Waals surface area contributed by atoms with Gasteiger partial charge in [-0.2, -0.15) is 0 Å². The Balaban J connectivity index is 5.36. The number of ether oxygens (including phenoxy) is 3. The van der Waals surface area contributed by atoms with Crippen molar-refractivity contribution < 1.29 is 14.2 Å². The van der Waals surface area contributed by atoms with E-state index in [4.69, 9.17) is 14.2 Å². The molecule has 0 heterocycles. The molecule has 26 heavy (non-hydrogen) atoms. The third-order valence-corrected chi connectivity index (χ3v) is 5.32. The first-order valence-corrected chi connectivity index (χ1v) is 10.5. The lowest BCUT2D eigenvalue weighted by Crippen LogP contribution is -2.50. The van der Waals surface area contributed by atoms with Crippen LogP contribution in [0, 0.1) is 10.8 Å². The van der Waals surface area contributed by atoms with Crippen LogP contribution < -0.4 is 0 Å². The van der Waals surface area contributed by atoms with Crippen LogP contribution in [-0.4, -0.2) is 37.6 Å². The topological polar surface area (TPSA) is 27.7 Å². The highest BCUT2D eigenvalue weighted by Crippen LogP contribution is 2.43. The Kier molecular flexibility index (Phi) is 10.4. The molecule has 0 aliphatic rings. The van der Waals surface area contributed by atoms with Gasteiger partial charge in [0.15, 0.2) is 0 Å². The van der Waals surface area contributed by atoms with E-state index in [0.717, 1.165) is 38.7 Å². The van der Waals surface area contributed by atoms with Gasteiger partial charge >= 0.3 is 0 Å². The van der Waals surface area contributed by atoms with Crippen LogP contribution in [0.4, 0.5) is 0 Å². The second-order valence-electron chi connectivity index (χ2n) is 10.5. The van der Waals surface area contributed by atoms with Gasteiger partial charge in [0.1, 0.15) is 0 Å². The van der Waals surface area contributed by atoms with Crippen LogP contribution in [0.2, 0.25) is 0 Å². The molecule has 0 aromatic heterocycles. The lowest BCUT2D eigenvalue weighted by Gasteiger charge is -2.47. The van der Waals surface area contributed by atoms with E-state index >= 15 is 0 Å². The predicted molar refractivity (Wildman–Crippen MR) is 113 cm³/mol. The van der Waals surface area contributed by atoms with E-state index in [1.807, 2.05) is 0 Å². The minimum Gasteiger partial charge on any atom is -0.379 e. The van der Waals surface area contributed by atoms with Crippen molar-refractivity contribution in [3.05, 3.63) is 0 Å². The van der Waals surface area contributed by atoms with E-state index in [1.54, 1.807) is 7.11 Å². The molecule has 0 saturated heterocycles. The SMILES string of the molecule is CCCCOC(C(C)(C)COC(C)(C)CCC)C(C)(C)CC(C)(C)OC. The van der Waals surface area contributed by atoms with Crippen molar-refractivity contribution in [2.75, 3.05) is 20.3 Å². The number of unbranched alkanes of at least 4 members (excludes halogenated alkanes) is 1. The van der Waals surface area contributed by atoms with Gasteiger partial charge in [-0.15, -0.1) is 0 Å². The second kappa shape index (κ2) is 10.4. The molecule has 1 unspecified atom stereocenters. The fourth-order valence-corrected chi connectivity index (χ4v) is 4.25. The molecule has 0 aromatic carbocycles. The molecule has 0 aromatic rings. The zero-order chi connectivity index (χ0) is 20.6. The van der Waals surface area contributed by atoms with E-state index < -0.39 is 0 Å². The molecule has 3 heteroatoms. The highest BCUT2D eigenvalue weighted by atomic mass is 16.5. The van der Waals surface area contributed by atoms with Gasteiger partial charge in [-0.05, 0) is 52.4 Å². The Labute approximate surface area is 164 Å². The molecular weight excluding hydrogens is 324 g/mol. The highest BCUT2D eigenvalue weighted by Gasteiger charge is 2.45. The van der Waals surface area contributed by atoms with E-state index in [1.165, 1.54) is 0 Å². The first kappa shape index (κ1) is 25.9. The Morgan fingerprint density at radius 2 is 1.35 bits per heavy atom. The van der Waals surface area contributed by atoms with E-state index in [2.05, 4.69) is 69.2 Å². The predicted octanol–water partition coefficient (Wildman–Crippen LogP) is 6.63. The van der Waals surface area contributed by atoms with E-state index in [0.29, 0.717) is 6.61 Å². The summed E-state index contributed by atoms with van der Waals surface area (Å²) in [5.74, 6) is 0. The molecule has 1 atom stereocenters. The van der Waals surface area contributed by atoms with Gasteiger partial charge in [-0.3, -0.25) is 0 Å². The summed E-state index contributed by atoms with van der Waals surface area (Å²) >= 11 is 0. The van der Waals surface area contributed by atoms with Crippen molar-refractivity contribution in [2.24, 2.45) is 10.8 Å². The molecule has 0 radical (unpaired) electrons. The Bertz CT molecular complexity index is 383. The molecular formula is C23H48O3. The van der Waals surface area contributed by atoms with Crippen LogP contribution in [0.3, 0.4) is 0 Å². The van der Waals surface area contributed by atoms with Crippen molar-refractivity contribution in [2.45, 2.75) is 119 Å². The first-order valence-electron chi connectivity index (χ1n) is 10.5. The number of hydrogen-bond donors (Lipinski definition) is 0. The molecule has 0 aliphatic heterocycles. The summed E-state index contributed by atoms with van der Waals surface area (Å²) < 4.78 is 18.6. The molecule has 0 fully saturated rings. The van der Waals surface area contributed by atoms with Gasteiger partial charge in [0, 0.05) is 19.1 Å². The van der Waals surface area contributed by atoms with Gasteiger partial charge in [0.25, 0.3) is 0 Å². The van der Waals surface area contributed by atoms with E-state index in [-0.39, 0.29) is 28.1 Å². The summed E-state index contributed by atoms with van der Waals surface area (Å²) in [5.41, 5.74) is -0.356.